The normalized spacial score (nSPS) is 15.4. The number of hydrogen-bond acceptors (Lipinski definition) is 3. The van der Waals surface area contributed by atoms with Gasteiger partial charge in [0.25, 0.3) is 5.91 Å². The van der Waals surface area contributed by atoms with Crippen LogP contribution in [-0.2, 0) is 11.2 Å². The fourth-order valence-corrected chi connectivity index (χ4v) is 5.56. The predicted molar refractivity (Wildman–Crippen MR) is 135 cm³/mol. The number of halogens is 2. The van der Waals surface area contributed by atoms with E-state index in [1.54, 1.807) is 40.5 Å². The summed E-state index contributed by atoms with van der Waals surface area (Å²) in [6.07, 6.45) is 0.811. The number of hydrogen-bond donors (Lipinski definition) is 0. The van der Waals surface area contributed by atoms with Gasteiger partial charge in [-0.3, -0.25) is 9.59 Å². The highest BCUT2D eigenvalue weighted by Crippen LogP contribution is 2.38. The average Bonchev–Trinajstić information content (AvgIpc) is 3.27. The summed E-state index contributed by atoms with van der Waals surface area (Å²) in [5, 5.41) is 3.13. The third-order valence-electron chi connectivity index (χ3n) is 5.78. The SMILES string of the molecule is CC(C)CN(CC(=O)N1CCc2sccc2C1c1ccc(Cl)cc1)C(=O)c1ccccc1Cl. The van der Waals surface area contributed by atoms with Crippen molar-refractivity contribution in [1.82, 2.24) is 9.80 Å². The minimum Gasteiger partial charge on any atom is -0.330 e. The Morgan fingerprint density at radius 1 is 1.09 bits per heavy atom. The van der Waals surface area contributed by atoms with Crippen LogP contribution in [0, 0.1) is 5.92 Å². The summed E-state index contributed by atoms with van der Waals surface area (Å²) in [4.78, 5) is 31.8. The summed E-state index contributed by atoms with van der Waals surface area (Å²) < 4.78 is 0. The van der Waals surface area contributed by atoms with Crippen molar-refractivity contribution in [3.8, 4) is 0 Å². The lowest BCUT2D eigenvalue weighted by atomic mass is 9.93. The number of thiophene rings is 1. The Labute approximate surface area is 208 Å². The Morgan fingerprint density at radius 2 is 1.82 bits per heavy atom. The predicted octanol–water partition coefficient (Wildman–Crippen LogP) is 6.33. The molecule has 0 bridgehead atoms. The number of benzene rings is 2. The van der Waals surface area contributed by atoms with Crippen LogP contribution in [0.2, 0.25) is 10.0 Å². The first-order chi connectivity index (χ1) is 15.8. The van der Waals surface area contributed by atoms with Gasteiger partial charge in [-0.1, -0.05) is 61.3 Å². The molecule has 1 unspecified atom stereocenters. The standard InChI is InChI=1S/C26H26Cl2N2O2S/c1-17(2)15-29(26(32)20-5-3-4-6-22(20)28)16-24(31)30-13-11-23-21(12-14-33-23)25(30)18-7-9-19(27)10-8-18/h3-10,12,14,17,25H,11,13,15-16H2,1-2H3. The maximum atomic E-state index is 13.7. The smallest absolute Gasteiger partial charge is 0.255 e. The molecule has 0 radical (unpaired) electrons. The van der Waals surface area contributed by atoms with Crippen LogP contribution in [-0.4, -0.2) is 41.2 Å². The van der Waals surface area contributed by atoms with Crippen molar-refractivity contribution < 1.29 is 9.59 Å². The molecule has 0 N–H and O–H groups in total. The molecule has 7 heteroatoms. The van der Waals surface area contributed by atoms with Gasteiger partial charge in [0.05, 0.1) is 16.6 Å². The van der Waals surface area contributed by atoms with E-state index in [2.05, 4.69) is 11.4 Å². The second-order valence-corrected chi connectivity index (χ2v) is 10.5. The molecule has 2 heterocycles. The molecule has 0 fully saturated rings. The lowest BCUT2D eigenvalue weighted by Crippen LogP contribution is -2.47. The Kier molecular flexibility index (Phi) is 7.42. The molecule has 4 nitrogen and oxygen atoms in total. The van der Waals surface area contributed by atoms with E-state index in [1.165, 1.54) is 4.88 Å². The van der Waals surface area contributed by atoms with Crippen LogP contribution in [0.4, 0.5) is 0 Å². The Balaban J connectivity index is 1.63. The highest BCUT2D eigenvalue weighted by atomic mass is 35.5. The van der Waals surface area contributed by atoms with Crippen molar-refractivity contribution in [3.63, 3.8) is 0 Å². The van der Waals surface area contributed by atoms with Gasteiger partial charge in [-0.15, -0.1) is 11.3 Å². The van der Waals surface area contributed by atoms with E-state index in [4.69, 9.17) is 23.2 Å². The van der Waals surface area contributed by atoms with E-state index in [0.717, 1.165) is 17.5 Å². The number of fused-ring (bicyclic) bond motifs is 1. The molecule has 1 aromatic heterocycles. The number of carbonyl (C=O) groups excluding carboxylic acids is 2. The van der Waals surface area contributed by atoms with Gasteiger partial charge < -0.3 is 9.80 Å². The molecule has 1 atom stereocenters. The molecule has 2 aromatic carbocycles. The first-order valence-electron chi connectivity index (χ1n) is 11.0. The number of nitrogens with zero attached hydrogens (tertiary/aromatic N) is 2. The zero-order chi connectivity index (χ0) is 23.5. The van der Waals surface area contributed by atoms with Crippen LogP contribution in [0.25, 0.3) is 0 Å². The van der Waals surface area contributed by atoms with Crippen molar-refractivity contribution in [1.29, 1.82) is 0 Å². The summed E-state index contributed by atoms with van der Waals surface area (Å²) in [5.74, 6) is -0.0899. The van der Waals surface area contributed by atoms with E-state index in [1.807, 2.05) is 43.0 Å². The van der Waals surface area contributed by atoms with E-state index in [0.29, 0.717) is 28.7 Å². The lowest BCUT2D eigenvalue weighted by Gasteiger charge is -2.38. The first-order valence-corrected chi connectivity index (χ1v) is 12.6. The largest absolute Gasteiger partial charge is 0.330 e. The molecule has 2 amide bonds. The molecule has 4 rings (SSSR count). The van der Waals surface area contributed by atoms with Crippen molar-refractivity contribution in [2.75, 3.05) is 19.6 Å². The number of carbonyl (C=O) groups is 2. The van der Waals surface area contributed by atoms with Crippen LogP contribution in [0.3, 0.4) is 0 Å². The van der Waals surface area contributed by atoms with Gasteiger partial charge in [0.1, 0.15) is 6.54 Å². The summed E-state index contributed by atoms with van der Waals surface area (Å²) in [6.45, 7) is 5.15. The number of amides is 2. The van der Waals surface area contributed by atoms with E-state index in [-0.39, 0.29) is 30.3 Å². The quantitative estimate of drug-likeness (QED) is 0.396. The van der Waals surface area contributed by atoms with Gasteiger partial charge in [-0.25, -0.2) is 0 Å². The topological polar surface area (TPSA) is 40.6 Å². The van der Waals surface area contributed by atoms with Crippen molar-refractivity contribution >= 4 is 46.4 Å². The molecule has 0 saturated carbocycles. The Hall–Kier alpha value is -2.34. The third-order valence-corrected chi connectivity index (χ3v) is 7.35. The molecule has 172 valence electrons. The summed E-state index contributed by atoms with van der Waals surface area (Å²) in [5.41, 5.74) is 2.58. The molecule has 0 saturated heterocycles. The Bertz CT molecular complexity index is 1140. The Morgan fingerprint density at radius 3 is 2.52 bits per heavy atom. The van der Waals surface area contributed by atoms with E-state index in [9.17, 15) is 9.59 Å². The van der Waals surface area contributed by atoms with Crippen LogP contribution < -0.4 is 0 Å². The van der Waals surface area contributed by atoms with E-state index < -0.39 is 0 Å². The highest BCUT2D eigenvalue weighted by Gasteiger charge is 2.34. The summed E-state index contributed by atoms with van der Waals surface area (Å²) >= 11 is 14.1. The summed E-state index contributed by atoms with van der Waals surface area (Å²) in [7, 11) is 0. The zero-order valence-corrected chi connectivity index (χ0v) is 21.0. The molecule has 1 aliphatic heterocycles. The molecular weight excluding hydrogens is 475 g/mol. The van der Waals surface area contributed by atoms with Crippen molar-refractivity contribution in [2.45, 2.75) is 26.3 Å². The van der Waals surface area contributed by atoms with Crippen molar-refractivity contribution in [3.05, 3.63) is 91.6 Å². The monoisotopic (exact) mass is 500 g/mol. The van der Waals surface area contributed by atoms with Gasteiger partial charge in [-0.05, 0) is 59.2 Å². The van der Waals surface area contributed by atoms with Crippen molar-refractivity contribution in [2.24, 2.45) is 5.92 Å². The fourth-order valence-electron chi connectivity index (χ4n) is 4.31. The second-order valence-electron chi connectivity index (χ2n) is 8.65. The van der Waals surface area contributed by atoms with Gasteiger partial charge in [0, 0.05) is 23.0 Å². The average molecular weight is 501 g/mol. The minimum atomic E-state index is -0.223. The van der Waals surface area contributed by atoms with Gasteiger partial charge in [0.2, 0.25) is 5.91 Å². The lowest BCUT2D eigenvalue weighted by molar-refractivity contribution is -0.134. The molecule has 3 aromatic rings. The van der Waals surface area contributed by atoms with E-state index >= 15 is 0 Å². The molecule has 0 spiro atoms. The molecule has 1 aliphatic rings. The van der Waals surface area contributed by atoms with Crippen LogP contribution >= 0.6 is 34.5 Å². The third kappa shape index (κ3) is 5.26. The van der Waals surface area contributed by atoms with Crippen LogP contribution in [0.1, 0.15) is 46.3 Å². The van der Waals surface area contributed by atoms with Gasteiger partial charge >= 0.3 is 0 Å². The van der Waals surface area contributed by atoms with Crippen LogP contribution in [0.5, 0.6) is 0 Å². The van der Waals surface area contributed by atoms with Gasteiger partial charge in [0.15, 0.2) is 0 Å². The first kappa shape index (κ1) is 23.8. The van der Waals surface area contributed by atoms with Crippen LogP contribution in [0.15, 0.2) is 60.0 Å². The highest BCUT2D eigenvalue weighted by molar-refractivity contribution is 7.10. The number of rotatable bonds is 6. The second kappa shape index (κ2) is 10.3. The van der Waals surface area contributed by atoms with Gasteiger partial charge in [-0.2, -0.15) is 0 Å². The molecular formula is C26H26Cl2N2O2S. The summed E-state index contributed by atoms with van der Waals surface area (Å²) in [6, 6.07) is 16.5. The minimum absolute atomic E-state index is 0.00575. The molecule has 33 heavy (non-hydrogen) atoms. The molecule has 0 aliphatic carbocycles. The zero-order valence-electron chi connectivity index (χ0n) is 18.6. The maximum absolute atomic E-state index is 13.7. The maximum Gasteiger partial charge on any atom is 0.255 e. The fraction of sp³-hybridized carbons (Fsp3) is 0.308.